The number of nitrogens with zero attached hydrogens (tertiary/aromatic N) is 1. The van der Waals surface area contributed by atoms with E-state index in [9.17, 15) is 14.7 Å². The first-order valence-corrected chi connectivity index (χ1v) is 11.1. The summed E-state index contributed by atoms with van der Waals surface area (Å²) in [6, 6.07) is 22.6. The lowest BCUT2D eigenvalue weighted by Gasteiger charge is -2.27. The lowest BCUT2D eigenvalue weighted by Crippen LogP contribution is -2.31. The summed E-state index contributed by atoms with van der Waals surface area (Å²) in [7, 11) is 0. The number of ketones is 1. The number of carbonyl (C=O) groups excluding carboxylic acids is 2. The summed E-state index contributed by atoms with van der Waals surface area (Å²) in [6.07, 6.45) is 0. The van der Waals surface area contributed by atoms with Crippen LogP contribution < -0.4 is 9.64 Å². The third-order valence-electron chi connectivity index (χ3n) is 5.92. The van der Waals surface area contributed by atoms with Gasteiger partial charge in [-0.05, 0) is 55.8 Å². The van der Waals surface area contributed by atoms with Crippen LogP contribution in [0.1, 0.15) is 34.6 Å². The Labute approximate surface area is 196 Å². The number of fused-ring (bicyclic) bond motifs is 1. The van der Waals surface area contributed by atoms with Crippen LogP contribution in [0.4, 0.5) is 5.69 Å². The molecule has 1 unspecified atom stereocenters. The number of benzene rings is 3. The van der Waals surface area contributed by atoms with Crippen molar-refractivity contribution in [3.8, 4) is 5.75 Å². The van der Waals surface area contributed by atoms with E-state index >= 15 is 0 Å². The molecule has 1 N–H and O–H groups in total. The first-order valence-electron chi connectivity index (χ1n) is 11.1. The highest BCUT2D eigenvalue weighted by atomic mass is 16.5. The lowest BCUT2D eigenvalue weighted by molar-refractivity contribution is -0.117. The molecule has 1 aliphatic rings. The number of hydrogen-bond donors (Lipinski definition) is 1. The topological polar surface area (TPSA) is 80.0 Å². The minimum absolute atomic E-state index is 0.0196. The van der Waals surface area contributed by atoms with Gasteiger partial charge in [0.05, 0.1) is 18.2 Å². The van der Waals surface area contributed by atoms with E-state index in [-0.39, 0.29) is 11.3 Å². The van der Waals surface area contributed by atoms with Crippen LogP contribution in [-0.2, 0) is 4.79 Å². The molecule has 1 atom stereocenters. The van der Waals surface area contributed by atoms with Gasteiger partial charge in [-0.1, -0.05) is 48.0 Å². The van der Waals surface area contributed by atoms with Gasteiger partial charge >= 0.3 is 0 Å². The summed E-state index contributed by atoms with van der Waals surface area (Å²) < 4.78 is 11.3. The first-order chi connectivity index (χ1) is 16.5. The maximum atomic E-state index is 13.6. The van der Waals surface area contributed by atoms with Gasteiger partial charge in [0.2, 0.25) is 5.78 Å². The molecule has 3 aromatic carbocycles. The van der Waals surface area contributed by atoms with Gasteiger partial charge in [-0.15, -0.1) is 0 Å². The van der Waals surface area contributed by atoms with Gasteiger partial charge < -0.3 is 14.3 Å². The Morgan fingerprint density at radius 3 is 2.41 bits per heavy atom. The van der Waals surface area contributed by atoms with Crippen LogP contribution in [0.25, 0.3) is 11.0 Å². The quantitative estimate of drug-likeness (QED) is 0.367. The molecule has 4 aromatic rings. The van der Waals surface area contributed by atoms with Crippen molar-refractivity contribution in [1.29, 1.82) is 0 Å². The molecular weight excluding hydrogens is 430 g/mol. The van der Waals surface area contributed by atoms with E-state index in [1.807, 2.05) is 44.2 Å². The number of ether oxygens (including phenoxy) is 1. The molecule has 0 spiro atoms. The van der Waals surface area contributed by atoms with Crippen LogP contribution >= 0.6 is 0 Å². The average Bonchev–Trinajstić information content (AvgIpc) is 3.39. The van der Waals surface area contributed by atoms with Gasteiger partial charge in [0, 0.05) is 11.1 Å². The second-order valence-electron chi connectivity index (χ2n) is 8.16. The molecule has 1 aromatic heterocycles. The van der Waals surface area contributed by atoms with E-state index in [0.717, 1.165) is 10.9 Å². The molecule has 1 aliphatic heterocycles. The number of carbonyl (C=O) groups is 2. The third kappa shape index (κ3) is 3.63. The fourth-order valence-corrected chi connectivity index (χ4v) is 4.26. The van der Waals surface area contributed by atoms with Crippen molar-refractivity contribution in [3.05, 3.63) is 107 Å². The number of para-hydroxylation sites is 1. The molecule has 0 bridgehead atoms. The van der Waals surface area contributed by atoms with Crippen molar-refractivity contribution < 1.29 is 23.8 Å². The van der Waals surface area contributed by atoms with Crippen molar-refractivity contribution >= 4 is 28.3 Å². The van der Waals surface area contributed by atoms with Gasteiger partial charge in [-0.3, -0.25) is 14.5 Å². The van der Waals surface area contributed by atoms with E-state index in [1.54, 1.807) is 48.5 Å². The van der Waals surface area contributed by atoms with Crippen LogP contribution in [0.5, 0.6) is 5.75 Å². The van der Waals surface area contributed by atoms with Gasteiger partial charge in [-0.2, -0.15) is 0 Å². The van der Waals surface area contributed by atoms with Gasteiger partial charge in [0.15, 0.2) is 11.5 Å². The number of aliphatic hydroxyl groups excluding tert-OH is 1. The van der Waals surface area contributed by atoms with E-state index in [1.165, 1.54) is 4.90 Å². The Hall–Kier alpha value is -4.32. The number of furan rings is 1. The predicted molar refractivity (Wildman–Crippen MR) is 129 cm³/mol. The molecular formula is C28H23NO5. The number of hydrogen-bond acceptors (Lipinski definition) is 5. The van der Waals surface area contributed by atoms with Gasteiger partial charge in [0.1, 0.15) is 11.3 Å². The van der Waals surface area contributed by atoms with E-state index in [2.05, 4.69) is 0 Å². The van der Waals surface area contributed by atoms with Crippen LogP contribution in [0.3, 0.4) is 0 Å². The minimum atomic E-state index is -0.827. The maximum Gasteiger partial charge on any atom is 0.294 e. The molecule has 6 nitrogen and oxygen atoms in total. The van der Waals surface area contributed by atoms with Crippen molar-refractivity contribution in [1.82, 2.24) is 0 Å². The Balaban J connectivity index is 1.63. The third-order valence-corrected chi connectivity index (χ3v) is 5.92. The van der Waals surface area contributed by atoms with Crippen LogP contribution in [0, 0.1) is 6.92 Å². The molecule has 0 saturated heterocycles. The van der Waals surface area contributed by atoms with Crippen molar-refractivity contribution in [3.63, 3.8) is 0 Å². The average molecular weight is 453 g/mol. The second-order valence-corrected chi connectivity index (χ2v) is 8.16. The number of rotatable bonds is 6. The van der Waals surface area contributed by atoms with E-state index in [0.29, 0.717) is 29.2 Å². The number of aryl methyl sites for hydroxylation is 1. The zero-order valence-corrected chi connectivity index (χ0v) is 18.8. The fourth-order valence-electron chi connectivity index (χ4n) is 4.26. The molecule has 6 heteroatoms. The van der Waals surface area contributed by atoms with E-state index < -0.39 is 23.5 Å². The summed E-state index contributed by atoms with van der Waals surface area (Å²) in [5, 5.41) is 11.7. The molecule has 5 rings (SSSR count). The summed E-state index contributed by atoms with van der Waals surface area (Å²) in [4.78, 5) is 28.4. The zero-order valence-electron chi connectivity index (χ0n) is 18.8. The number of amides is 1. The maximum absolute atomic E-state index is 13.6. The molecule has 0 saturated carbocycles. The van der Waals surface area contributed by atoms with Crippen molar-refractivity contribution in [2.24, 2.45) is 0 Å². The van der Waals surface area contributed by atoms with Gasteiger partial charge in [-0.25, -0.2) is 0 Å². The van der Waals surface area contributed by atoms with Crippen LogP contribution in [0.2, 0.25) is 0 Å². The number of aliphatic hydroxyl groups is 1. The molecule has 1 amide bonds. The first kappa shape index (κ1) is 21.5. The van der Waals surface area contributed by atoms with E-state index in [4.69, 9.17) is 9.15 Å². The molecule has 34 heavy (non-hydrogen) atoms. The zero-order chi connectivity index (χ0) is 23.8. The summed E-state index contributed by atoms with van der Waals surface area (Å²) in [5.74, 6) is -1.00. The summed E-state index contributed by atoms with van der Waals surface area (Å²) in [5.41, 5.74) is 2.81. The SMILES string of the molecule is CCOc1ccc(C2C(C(=O)c3cc4ccccc4o3)=C(O)C(=O)N2c2ccc(C)cc2)cc1. The second kappa shape index (κ2) is 8.56. The Morgan fingerprint density at radius 2 is 1.74 bits per heavy atom. The largest absolute Gasteiger partial charge is 0.503 e. The molecule has 0 fully saturated rings. The van der Waals surface area contributed by atoms with Crippen molar-refractivity contribution in [2.75, 3.05) is 11.5 Å². The van der Waals surface area contributed by atoms with Gasteiger partial charge in [0.25, 0.3) is 5.91 Å². The molecule has 170 valence electrons. The summed E-state index contributed by atoms with van der Waals surface area (Å²) >= 11 is 0. The molecule has 0 radical (unpaired) electrons. The standard InChI is InChI=1S/C28H23NO5/c1-3-33-21-14-10-18(11-15-21)25-24(26(30)23-16-19-6-4-5-7-22(19)34-23)27(31)28(32)29(25)20-12-8-17(2)9-13-20/h4-16,25,31H,3H2,1-2H3. The normalized spacial score (nSPS) is 15.9. The van der Waals surface area contributed by atoms with Crippen LogP contribution in [0.15, 0.2) is 94.6 Å². The number of anilines is 1. The predicted octanol–water partition coefficient (Wildman–Crippen LogP) is 5.92. The summed E-state index contributed by atoms with van der Waals surface area (Å²) in [6.45, 7) is 4.37. The lowest BCUT2D eigenvalue weighted by atomic mass is 9.94. The highest BCUT2D eigenvalue weighted by Gasteiger charge is 2.45. The minimum Gasteiger partial charge on any atom is -0.503 e. The van der Waals surface area contributed by atoms with Crippen LogP contribution in [-0.4, -0.2) is 23.4 Å². The Kier molecular flexibility index (Phi) is 5.42. The highest BCUT2D eigenvalue weighted by Crippen LogP contribution is 2.42. The molecule has 2 heterocycles. The Morgan fingerprint density at radius 1 is 1.03 bits per heavy atom. The number of Topliss-reactive ketones (excluding diaryl/α,β-unsaturated/α-hetero) is 1. The smallest absolute Gasteiger partial charge is 0.294 e. The Bertz CT molecular complexity index is 1380. The highest BCUT2D eigenvalue weighted by molar-refractivity contribution is 6.20. The van der Waals surface area contributed by atoms with Crippen molar-refractivity contribution in [2.45, 2.75) is 19.9 Å². The molecule has 0 aliphatic carbocycles. The fraction of sp³-hybridized carbons (Fsp3) is 0.143. The monoisotopic (exact) mass is 453 g/mol.